The van der Waals surface area contributed by atoms with Crippen molar-refractivity contribution in [3.05, 3.63) is 23.8 Å². The summed E-state index contributed by atoms with van der Waals surface area (Å²) in [6.07, 6.45) is 0.997. The van der Waals surface area contributed by atoms with E-state index in [0.717, 1.165) is 13.0 Å². The Morgan fingerprint density at radius 2 is 2.21 bits per heavy atom. The number of nitrogens with zero attached hydrogens (tertiary/aromatic N) is 2. The number of carbonyl (C=O) groups is 1. The molecule has 0 amide bonds. The normalized spacial score (nSPS) is 11.2. The summed E-state index contributed by atoms with van der Waals surface area (Å²) in [6.45, 7) is 7.11. The highest BCUT2D eigenvalue weighted by molar-refractivity contribution is 5.92. The Hall–Kier alpha value is -2.04. The van der Waals surface area contributed by atoms with Gasteiger partial charge in [-0.25, -0.2) is 4.79 Å². The number of aromatic nitrogens is 1. The van der Waals surface area contributed by atoms with Crippen LogP contribution in [0.3, 0.4) is 0 Å². The number of anilines is 1. The van der Waals surface area contributed by atoms with Gasteiger partial charge in [-0.05, 0) is 38.5 Å². The summed E-state index contributed by atoms with van der Waals surface area (Å²) < 4.78 is 5.69. The molecule has 0 atom stereocenters. The summed E-state index contributed by atoms with van der Waals surface area (Å²) >= 11 is 0. The highest BCUT2D eigenvalue weighted by Gasteiger charge is 2.17. The molecule has 0 bridgehead atoms. The molecule has 1 heterocycles. The fourth-order valence-corrected chi connectivity index (χ4v) is 1.98. The SMILES string of the molecule is CCCN(c1nc2ccc(C(=O)O)cc2o1)C(C)C. The highest BCUT2D eigenvalue weighted by atomic mass is 16.4. The van der Waals surface area contributed by atoms with Gasteiger partial charge in [-0.2, -0.15) is 4.98 Å². The fourth-order valence-electron chi connectivity index (χ4n) is 1.98. The first kappa shape index (κ1) is 13.4. The van der Waals surface area contributed by atoms with Gasteiger partial charge in [0.05, 0.1) is 5.56 Å². The van der Waals surface area contributed by atoms with Crippen LogP contribution >= 0.6 is 0 Å². The number of hydrogen-bond donors (Lipinski definition) is 1. The van der Waals surface area contributed by atoms with Gasteiger partial charge >= 0.3 is 5.97 Å². The molecule has 1 aromatic carbocycles. The number of benzene rings is 1. The second-order valence-electron chi connectivity index (χ2n) is 4.77. The molecule has 102 valence electrons. The van der Waals surface area contributed by atoms with Gasteiger partial charge in [0.25, 0.3) is 6.01 Å². The van der Waals surface area contributed by atoms with Gasteiger partial charge in [-0.1, -0.05) is 6.92 Å². The van der Waals surface area contributed by atoms with Crippen molar-refractivity contribution in [1.82, 2.24) is 4.98 Å². The zero-order valence-corrected chi connectivity index (χ0v) is 11.4. The molecule has 0 aliphatic heterocycles. The molecule has 0 radical (unpaired) electrons. The lowest BCUT2D eigenvalue weighted by molar-refractivity contribution is 0.0697. The monoisotopic (exact) mass is 262 g/mol. The van der Waals surface area contributed by atoms with Crippen LogP contribution in [-0.2, 0) is 0 Å². The average Bonchev–Trinajstić information content (AvgIpc) is 2.77. The van der Waals surface area contributed by atoms with Gasteiger partial charge in [-0.3, -0.25) is 0 Å². The number of carboxylic acid groups (broad SMARTS) is 1. The zero-order valence-electron chi connectivity index (χ0n) is 11.4. The molecule has 0 aliphatic rings. The van der Waals surface area contributed by atoms with E-state index in [2.05, 4.69) is 30.7 Å². The molecule has 0 fully saturated rings. The maximum Gasteiger partial charge on any atom is 0.335 e. The van der Waals surface area contributed by atoms with Crippen LogP contribution in [0, 0.1) is 0 Å². The molecule has 5 heteroatoms. The van der Waals surface area contributed by atoms with Gasteiger partial charge < -0.3 is 14.4 Å². The number of carboxylic acids is 1. The Morgan fingerprint density at radius 1 is 1.47 bits per heavy atom. The predicted molar refractivity (Wildman–Crippen MR) is 73.7 cm³/mol. The lowest BCUT2D eigenvalue weighted by Gasteiger charge is -2.23. The van der Waals surface area contributed by atoms with E-state index in [1.54, 1.807) is 6.07 Å². The van der Waals surface area contributed by atoms with Crippen LogP contribution in [0.4, 0.5) is 6.01 Å². The van der Waals surface area contributed by atoms with Crippen molar-refractivity contribution >= 4 is 23.1 Å². The topological polar surface area (TPSA) is 66.6 Å². The molecule has 0 saturated carbocycles. The average molecular weight is 262 g/mol. The van der Waals surface area contributed by atoms with E-state index in [-0.39, 0.29) is 11.6 Å². The Kier molecular flexibility index (Phi) is 3.74. The predicted octanol–water partition coefficient (Wildman–Crippen LogP) is 3.15. The maximum absolute atomic E-state index is 10.9. The first-order valence-electron chi connectivity index (χ1n) is 6.43. The Morgan fingerprint density at radius 3 is 2.79 bits per heavy atom. The summed E-state index contributed by atoms with van der Waals surface area (Å²) in [6, 6.07) is 5.56. The van der Waals surface area contributed by atoms with E-state index in [1.165, 1.54) is 12.1 Å². The molecule has 0 saturated heterocycles. The molecule has 1 N–H and O–H groups in total. The quantitative estimate of drug-likeness (QED) is 0.896. The van der Waals surface area contributed by atoms with Gasteiger partial charge in [-0.15, -0.1) is 0 Å². The molecule has 0 unspecified atom stereocenters. The third-order valence-electron chi connectivity index (χ3n) is 2.96. The molecular weight excluding hydrogens is 244 g/mol. The Balaban J connectivity index is 2.42. The molecule has 5 nitrogen and oxygen atoms in total. The van der Waals surface area contributed by atoms with E-state index in [0.29, 0.717) is 17.1 Å². The van der Waals surface area contributed by atoms with Crippen LogP contribution in [0.5, 0.6) is 0 Å². The fraction of sp³-hybridized carbons (Fsp3) is 0.429. The van der Waals surface area contributed by atoms with E-state index in [9.17, 15) is 4.79 Å². The summed E-state index contributed by atoms with van der Waals surface area (Å²) in [5, 5.41) is 8.96. The molecular formula is C14H18N2O3. The van der Waals surface area contributed by atoms with Crippen LogP contribution in [-0.4, -0.2) is 28.6 Å². The molecule has 19 heavy (non-hydrogen) atoms. The Labute approximate surface area is 111 Å². The summed E-state index contributed by atoms with van der Waals surface area (Å²) in [4.78, 5) is 17.4. The number of oxazole rings is 1. The molecule has 2 rings (SSSR count). The van der Waals surface area contributed by atoms with E-state index < -0.39 is 5.97 Å². The van der Waals surface area contributed by atoms with Crippen LogP contribution in [0.1, 0.15) is 37.6 Å². The lowest BCUT2D eigenvalue weighted by atomic mass is 10.2. The molecule has 2 aromatic rings. The smallest absolute Gasteiger partial charge is 0.335 e. The lowest BCUT2D eigenvalue weighted by Crippen LogP contribution is -2.31. The maximum atomic E-state index is 10.9. The second-order valence-corrected chi connectivity index (χ2v) is 4.77. The number of rotatable bonds is 5. The first-order valence-corrected chi connectivity index (χ1v) is 6.43. The largest absolute Gasteiger partial charge is 0.478 e. The van der Waals surface area contributed by atoms with Crippen LogP contribution in [0.2, 0.25) is 0 Å². The van der Waals surface area contributed by atoms with Gasteiger partial charge in [0.1, 0.15) is 5.52 Å². The van der Waals surface area contributed by atoms with Gasteiger partial charge in [0.15, 0.2) is 5.58 Å². The van der Waals surface area contributed by atoms with Crippen molar-refractivity contribution in [2.75, 3.05) is 11.4 Å². The van der Waals surface area contributed by atoms with Crippen molar-refractivity contribution in [3.8, 4) is 0 Å². The minimum Gasteiger partial charge on any atom is -0.478 e. The van der Waals surface area contributed by atoms with Crippen molar-refractivity contribution in [2.45, 2.75) is 33.2 Å². The summed E-state index contributed by atoms with van der Waals surface area (Å²) in [7, 11) is 0. The van der Waals surface area contributed by atoms with Gasteiger partial charge in [0.2, 0.25) is 0 Å². The van der Waals surface area contributed by atoms with E-state index >= 15 is 0 Å². The third kappa shape index (κ3) is 2.70. The summed E-state index contributed by atoms with van der Waals surface area (Å²) in [5.41, 5.74) is 1.40. The summed E-state index contributed by atoms with van der Waals surface area (Å²) in [5.74, 6) is -0.964. The number of fused-ring (bicyclic) bond motifs is 1. The van der Waals surface area contributed by atoms with E-state index in [4.69, 9.17) is 9.52 Å². The van der Waals surface area contributed by atoms with Crippen LogP contribution < -0.4 is 4.90 Å². The zero-order chi connectivity index (χ0) is 14.0. The minimum absolute atomic E-state index is 0.210. The standard InChI is InChI=1S/C14H18N2O3/c1-4-7-16(9(2)3)14-15-11-6-5-10(13(17)18)8-12(11)19-14/h5-6,8-9H,4,7H2,1-3H3,(H,17,18). The van der Waals surface area contributed by atoms with Crippen LogP contribution in [0.25, 0.3) is 11.1 Å². The highest BCUT2D eigenvalue weighted by Crippen LogP contribution is 2.24. The van der Waals surface area contributed by atoms with Gasteiger partial charge in [0, 0.05) is 12.6 Å². The van der Waals surface area contributed by atoms with Crippen molar-refractivity contribution in [1.29, 1.82) is 0 Å². The first-order chi connectivity index (χ1) is 9.02. The van der Waals surface area contributed by atoms with Crippen molar-refractivity contribution in [2.24, 2.45) is 0 Å². The molecule has 0 spiro atoms. The van der Waals surface area contributed by atoms with E-state index in [1.807, 2.05) is 0 Å². The Bertz CT molecular complexity index is 589. The molecule has 0 aliphatic carbocycles. The molecule has 1 aromatic heterocycles. The van der Waals surface area contributed by atoms with Crippen molar-refractivity contribution in [3.63, 3.8) is 0 Å². The minimum atomic E-state index is -0.964. The van der Waals surface area contributed by atoms with Crippen LogP contribution in [0.15, 0.2) is 22.6 Å². The van der Waals surface area contributed by atoms with Crippen molar-refractivity contribution < 1.29 is 14.3 Å². The third-order valence-corrected chi connectivity index (χ3v) is 2.96. The second kappa shape index (κ2) is 5.30. The number of hydrogen-bond acceptors (Lipinski definition) is 4. The number of aromatic carboxylic acids is 1.